The summed E-state index contributed by atoms with van der Waals surface area (Å²) >= 11 is 5.32. The molecule has 3 aromatic rings. The maximum atomic E-state index is 12.6. The van der Waals surface area contributed by atoms with Crippen molar-refractivity contribution in [2.75, 3.05) is 0 Å². The zero-order valence-corrected chi connectivity index (χ0v) is 16.8. The summed E-state index contributed by atoms with van der Waals surface area (Å²) in [6, 6.07) is 15.4. The highest BCUT2D eigenvalue weighted by Crippen LogP contribution is 2.09. The third-order valence-electron chi connectivity index (χ3n) is 4.91. The molecule has 0 spiro atoms. The minimum absolute atomic E-state index is 0.0587. The molecule has 28 heavy (non-hydrogen) atoms. The molecule has 0 saturated heterocycles. The van der Waals surface area contributed by atoms with Gasteiger partial charge in [0.15, 0.2) is 4.77 Å². The van der Waals surface area contributed by atoms with E-state index in [1.54, 1.807) is 10.6 Å². The number of nitrogens with one attached hydrogen (secondary N) is 2. The number of carbonyl (C=O) groups excluding carboxylic acids is 1. The van der Waals surface area contributed by atoms with Crippen LogP contribution >= 0.6 is 12.2 Å². The number of aryl methyl sites for hydroxylation is 1. The lowest BCUT2D eigenvalue weighted by Gasteiger charge is -2.09. The molecule has 3 rings (SSSR count). The third-order valence-corrected chi connectivity index (χ3v) is 5.23. The second-order valence-electron chi connectivity index (χ2n) is 6.95. The highest BCUT2D eigenvalue weighted by molar-refractivity contribution is 7.71. The fourth-order valence-corrected chi connectivity index (χ4v) is 3.51. The number of carbonyl (C=O) groups is 1. The molecule has 0 bridgehead atoms. The van der Waals surface area contributed by atoms with Crippen molar-refractivity contribution in [3.63, 3.8) is 0 Å². The molecule has 0 atom stereocenters. The van der Waals surface area contributed by atoms with Crippen LogP contribution in [0.4, 0.5) is 0 Å². The molecule has 0 saturated carbocycles. The van der Waals surface area contributed by atoms with Gasteiger partial charge in [0, 0.05) is 19.5 Å². The van der Waals surface area contributed by atoms with Gasteiger partial charge in [-0.05, 0) is 55.2 Å². The Hall–Kier alpha value is -2.73. The molecule has 1 amide bonds. The molecule has 0 aliphatic heterocycles. The number of amides is 1. The normalized spacial score (nSPS) is 10.9. The Kier molecular flexibility index (Phi) is 6.76. The van der Waals surface area contributed by atoms with E-state index in [4.69, 9.17) is 12.2 Å². The van der Waals surface area contributed by atoms with Crippen molar-refractivity contribution in [3.8, 4) is 0 Å². The number of hydrogen-bond donors (Lipinski definition) is 2. The minimum atomic E-state index is -0.0599. The second-order valence-corrected chi connectivity index (χ2v) is 7.33. The van der Waals surface area contributed by atoms with E-state index in [-0.39, 0.29) is 11.5 Å². The number of aromatic amines is 1. The Morgan fingerprint density at radius 1 is 1.07 bits per heavy atom. The molecule has 0 aliphatic rings. The maximum Gasteiger partial charge on any atom is 0.262 e. The van der Waals surface area contributed by atoms with Crippen molar-refractivity contribution in [1.82, 2.24) is 14.9 Å². The van der Waals surface area contributed by atoms with Crippen LogP contribution in [-0.4, -0.2) is 15.5 Å². The van der Waals surface area contributed by atoms with Gasteiger partial charge in [-0.1, -0.05) is 42.8 Å². The monoisotopic (exact) mass is 395 g/mol. The zero-order valence-electron chi connectivity index (χ0n) is 16.0. The van der Waals surface area contributed by atoms with Gasteiger partial charge in [0.25, 0.3) is 5.56 Å². The first-order chi connectivity index (χ1) is 13.6. The predicted octanol–water partition coefficient (Wildman–Crippen LogP) is 4.24. The van der Waals surface area contributed by atoms with Crippen molar-refractivity contribution in [3.05, 3.63) is 74.8 Å². The molecule has 0 unspecified atom stereocenters. The number of hydrogen-bond acceptors (Lipinski definition) is 3. The number of H-pyrrole nitrogens is 1. The van der Waals surface area contributed by atoms with Crippen molar-refractivity contribution in [2.24, 2.45) is 0 Å². The Bertz CT molecular complexity index is 1080. The smallest absolute Gasteiger partial charge is 0.262 e. The van der Waals surface area contributed by atoms with E-state index in [2.05, 4.69) is 10.3 Å². The number of benzene rings is 2. The predicted molar refractivity (Wildman–Crippen MR) is 115 cm³/mol. The van der Waals surface area contributed by atoms with Crippen LogP contribution in [0.25, 0.3) is 10.9 Å². The Labute approximate surface area is 169 Å². The molecule has 0 fully saturated rings. The fraction of sp³-hybridized carbons (Fsp3) is 0.318. The van der Waals surface area contributed by atoms with E-state index < -0.39 is 0 Å². The van der Waals surface area contributed by atoms with Gasteiger partial charge < -0.3 is 10.3 Å². The van der Waals surface area contributed by atoms with Gasteiger partial charge in [-0.25, -0.2) is 0 Å². The van der Waals surface area contributed by atoms with Gasteiger partial charge in [-0.15, -0.1) is 0 Å². The van der Waals surface area contributed by atoms with Crippen molar-refractivity contribution in [1.29, 1.82) is 0 Å². The van der Waals surface area contributed by atoms with Crippen molar-refractivity contribution >= 4 is 29.0 Å². The summed E-state index contributed by atoms with van der Waals surface area (Å²) in [7, 11) is 0. The summed E-state index contributed by atoms with van der Waals surface area (Å²) in [5.74, 6) is 0.0587. The topological polar surface area (TPSA) is 66.9 Å². The summed E-state index contributed by atoms with van der Waals surface area (Å²) in [5.41, 5.74) is 3.02. The van der Waals surface area contributed by atoms with Gasteiger partial charge in [0.1, 0.15) is 0 Å². The number of nitrogens with zero attached hydrogens (tertiary/aromatic N) is 1. The minimum Gasteiger partial charge on any atom is -0.352 e. The first-order valence-electron chi connectivity index (χ1n) is 9.59. The summed E-state index contributed by atoms with van der Waals surface area (Å²) < 4.78 is 2.05. The molecule has 1 aromatic heterocycles. The van der Waals surface area contributed by atoms with E-state index in [0.29, 0.717) is 29.7 Å². The van der Waals surface area contributed by atoms with Gasteiger partial charge in [0.2, 0.25) is 5.91 Å². The molecule has 6 heteroatoms. The van der Waals surface area contributed by atoms with Crippen molar-refractivity contribution < 1.29 is 4.79 Å². The van der Waals surface area contributed by atoms with Crippen LogP contribution in [0.3, 0.4) is 0 Å². The van der Waals surface area contributed by atoms with E-state index in [0.717, 1.165) is 30.3 Å². The van der Waals surface area contributed by atoms with Gasteiger partial charge in [-0.3, -0.25) is 14.2 Å². The summed E-state index contributed by atoms with van der Waals surface area (Å²) in [5, 5.41) is 3.62. The second kappa shape index (κ2) is 9.46. The molecule has 2 N–H and O–H groups in total. The average molecular weight is 396 g/mol. The lowest BCUT2D eigenvalue weighted by Crippen LogP contribution is -2.23. The molecule has 0 aliphatic carbocycles. The van der Waals surface area contributed by atoms with Crippen LogP contribution in [-0.2, 0) is 17.9 Å². The zero-order chi connectivity index (χ0) is 19.9. The Balaban J connectivity index is 1.44. The van der Waals surface area contributed by atoms with Crippen molar-refractivity contribution in [2.45, 2.75) is 45.7 Å². The van der Waals surface area contributed by atoms with E-state index >= 15 is 0 Å². The van der Waals surface area contributed by atoms with Gasteiger partial charge in [0.05, 0.1) is 10.9 Å². The average Bonchev–Trinajstić information content (AvgIpc) is 2.69. The highest BCUT2D eigenvalue weighted by atomic mass is 32.1. The molecular formula is C22H25N3O2S. The third kappa shape index (κ3) is 4.95. The Morgan fingerprint density at radius 2 is 1.82 bits per heavy atom. The van der Waals surface area contributed by atoms with Crippen LogP contribution in [0.5, 0.6) is 0 Å². The highest BCUT2D eigenvalue weighted by Gasteiger charge is 2.06. The summed E-state index contributed by atoms with van der Waals surface area (Å²) in [6.07, 6.45) is 2.95. The van der Waals surface area contributed by atoms with Crippen LogP contribution in [0.15, 0.2) is 53.3 Å². The number of fused-ring (bicyclic) bond motifs is 1. The molecular weight excluding hydrogens is 370 g/mol. The Morgan fingerprint density at radius 3 is 2.64 bits per heavy atom. The lowest BCUT2D eigenvalue weighted by molar-refractivity contribution is -0.121. The number of rotatable bonds is 8. The molecule has 0 radical (unpaired) electrons. The van der Waals surface area contributed by atoms with Crippen LogP contribution in [0.2, 0.25) is 0 Å². The van der Waals surface area contributed by atoms with E-state index in [1.165, 1.54) is 5.56 Å². The number of para-hydroxylation sites is 1. The number of aromatic nitrogens is 2. The van der Waals surface area contributed by atoms with E-state index in [1.807, 2.05) is 49.4 Å². The van der Waals surface area contributed by atoms with Crippen LogP contribution in [0.1, 0.15) is 36.8 Å². The fourth-order valence-electron chi connectivity index (χ4n) is 3.22. The SMILES string of the molecule is Cc1ccccc1CNC(=O)CCCCCn1c(=S)[nH]c2ccccc2c1=O. The van der Waals surface area contributed by atoms with Gasteiger partial charge in [-0.2, -0.15) is 0 Å². The van der Waals surface area contributed by atoms with E-state index in [9.17, 15) is 9.59 Å². The standard InChI is InChI=1S/C22H25N3O2S/c1-16-9-4-5-10-17(16)15-23-20(26)13-3-2-8-14-25-21(27)18-11-6-7-12-19(18)24-22(25)28/h4-7,9-12H,2-3,8,13-15H2,1H3,(H,23,26)(H,24,28). The first-order valence-corrected chi connectivity index (χ1v) is 10.00. The summed E-state index contributed by atoms with van der Waals surface area (Å²) in [4.78, 5) is 27.7. The number of unbranched alkanes of at least 4 members (excludes halogenated alkanes) is 2. The van der Waals surface area contributed by atoms with Crippen LogP contribution in [0, 0.1) is 11.7 Å². The summed E-state index contributed by atoms with van der Waals surface area (Å²) in [6.45, 7) is 3.16. The quantitative estimate of drug-likeness (QED) is 0.443. The largest absolute Gasteiger partial charge is 0.352 e. The molecule has 2 aromatic carbocycles. The molecule has 1 heterocycles. The maximum absolute atomic E-state index is 12.6. The lowest BCUT2D eigenvalue weighted by atomic mass is 10.1. The molecule has 5 nitrogen and oxygen atoms in total. The van der Waals surface area contributed by atoms with Gasteiger partial charge >= 0.3 is 0 Å². The molecule has 146 valence electrons. The first kappa shape index (κ1) is 20.0. The van der Waals surface area contributed by atoms with Crippen LogP contribution < -0.4 is 10.9 Å².